The lowest BCUT2D eigenvalue weighted by Gasteiger charge is -2.17. The van der Waals surface area contributed by atoms with Crippen LogP contribution in [0.1, 0.15) is 33.3 Å². The fraction of sp³-hybridized carbons (Fsp3) is 0.438. The number of hydrogen-bond donors (Lipinski definition) is 1. The van der Waals surface area contributed by atoms with E-state index in [-0.39, 0.29) is 0 Å². The number of rotatable bonds is 6. The van der Waals surface area contributed by atoms with Crippen molar-refractivity contribution < 1.29 is 19.4 Å². The molecule has 0 aliphatic rings. The van der Waals surface area contributed by atoms with Gasteiger partial charge in [-0.2, -0.15) is 0 Å². The van der Waals surface area contributed by atoms with Crippen LogP contribution in [-0.2, 0) is 16.0 Å². The first kappa shape index (κ1) is 16.2. The lowest BCUT2D eigenvalue weighted by Crippen LogP contribution is -2.21. The van der Waals surface area contributed by atoms with Crippen molar-refractivity contribution in [2.24, 2.45) is 0 Å². The predicted octanol–water partition coefficient (Wildman–Crippen LogP) is 2.85. The molecule has 1 N–H and O–H groups in total. The van der Waals surface area contributed by atoms with Crippen LogP contribution in [0.2, 0.25) is 0 Å². The molecule has 1 aromatic carbocycles. The Morgan fingerprint density at radius 1 is 1.30 bits per heavy atom. The molecule has 0 fully saturated rings. The van der Waals surface area contributed by atoms with Crippen LogP contribution < -0.4 is 4.74 Å². The first-order valence-electron chi connectivity index (χ1n) is 6.64. The quantitative estimate of drug-likeness (QED) is 0.494. The summed E-state index contributed by atoms with van der Waals surface area (Å²) < 4.78 is 10.3. The summed E-state index contributed by atoms with van der Waals surface area (Å²) in [6, 6.07) is 7.41. The molecule has 0 heterocycles. The number of esters is 1. The van der Waals surface area contributed by atoms with E-state index in [0.29, 0.717) is 24.5 Å². The van der Waals surface area contributed by atoms with Crippen molar-refractivity contribution in [3.8, 4) is 5.75 Å². The Bertz CT molecular complexity index is 466. The zero-order valence-corrected chi connectivity index (χ0v) is 12.5. The number of ether oxygens (including phenoxy) is 2. The van der Waals surface area contributed by atoms with Gasteiger partial charge < -0.3 is 14.6 Å². The highest BCUT2D eigenvalue weighted by atomic mass is 16.5. The van der Waals surface area contributed by atoms with E-state index < -0.39 is 11.6 Å². The molecule has 20 heavy (non-hydrogen) atoms. The highest BCUT2D eigenvalue weighted by Gasteiger charge is 2.13. The van der Waals surface area contributed by atoms with Gasteiger partial charge in [-0.25, -0.2) is 4.79 Å². The summed E-state index contributed by atoms with van der Waals surface area (Å²) in [5.74, 6) is 0.699. The number of allylic oxidation sites excluding steroid dienone is 1. The molecule has 0 aliphatic carbocycles. The topological polar surface area (TPSA) is 55.8 Å². The molecular formula is C16H22O4. The van der Waals surface area contributed by atoms with E-state index in [1.807, 2.05) is 24.3 Å². The van der Waals surface area contributed by atoms with Crippen LogP contribution in [0.5, 0.6) is 5.75 Å². The van der Waals surface area contributed by atoms with Crippen molar-refractivity contribution in [3.05, 3.63) is 41.7 Å². The summed E-state index contributed by atoms with van der Waals surface area (Å²) in [5, 5.41) is 9.74. The Morgan fingerprint density at radius 2 is 1.90 bits per heavy atom. The molecule has 0 bridgehead atoms. The van der Waals surface area contributed by atoms with Crippen LogP contribution in [0.3, 0.4) is 0 Å². The summed E-state index contributed by atoms with van der Waals surface area (Å²) in [6.45, 7) is 7.33. The molecule has 0 atom stereocenters. The minimum atomic E-state index is -0.734. The first-order chi connectivity index (χ1) is 9.30. The van der Waals surface area contributed by atoms with Gasteiger partial charge in [-0.05, 0) is 45.4 Å². The Balaban J connectivity index is 2.63. The third-order valence-electron chi connectivity index (χ3n) is 2.45. The van der Waals surface area contributed by atoms with Crippen LogP contribution in [0.4, 0.5) is 0 Å². The van der Waals surface area contributed by atoms with E-state index in [4.69, 9.17) is 9.47 Å². The summed E-state index contributed by atoms with van der Waals surface area (Å²) in [6.07, 6.45) is 1.89. The van der Waals surface area contributed by atoms with Gasteiger partial charge in [0.15, 0.2) is 0 Å². The van der Waals surface area contributed by atoms with Gasteiger partial charge in [0.05, 0.1) is 18.3 Å². The second-order valence-corrected chi connectivity index (χ2v) is 5.24. The van der Waals surface area contributed by atoms with Crippen molar-refractivity contribution in [1.82, 2.24) is 0 Å². The number of aliphatic hydroxyl groups is 1. The van der Waals surface area contributed by atoms with Crippen LogP contribution in [0, 0.1) is 0 Å². The van der Waals surface area contributed by atoms with E-state index in [2.05, 4.69) is 0 Å². The highest BCUT2D eigenvalue weighted by molar-refractivity contribution is 5.82. The first-order valence-corrected chi connectivity index (χ1v) is 6.64. The molecule has 4 heteroatoms. The van der Waals surface area contributed by atoms with Crippen molar-refractivity contribution in [2.75, 3.05) is 6.61 Å². The molecule has 0 saturated heterocycles. The Kier molecular flexibility index (Phi) is 5.77. The van der Waals surface area contributed by atoms with Gasteiger partial charge in [0, 0.05) is 6.42 Å². The second-order valence-electron chi connectivity index (χ2n) is 5.24. The largest absolute Gasteiger partial charge is 0.463 e. The van der Waals surface area contributed by atoms with Crippen molar-refractivity contribution in [2.45, 2.75) is 39.7 Å². The summed E-state index contributed by atoms with van der Waals surface area (Å²) in [7, 11) is 0. The average Bonchev–Trinajstić information content (AvgIpc) is 2.30. The Labute approximate surface area is 120 Å². The molecule has 1 aromatic rings. The van der Waals surface area contributed by atoms with Crippen molar-refractivity contribution in [1.29, 1.82) is 0 Å². The van der Waals surface area contributed by atoms with Gasteiger partial charge in [-0.3, -0.25) is 0 Å². The fourth-order valence-corrected chi connectivity index (χ4v) is 1.74. The van der Waals surface area contributed by atoms with Crippen LogP contribution in [0.15, 0.2) is 36.1 Å². The predicted molar refractivity (Wildman–Crippen MR) is 77.5 cm³/mol. The third-order valence-corrected chi connectivity index (χ3v) is 2.45. The minimum Gasteiger partial charge on any atom is -0.463 e. The fourth-order valence-electron chi connectivity index (χ4n) is 1.74. The second kappa shape index (κ2) is 7.10. The lowest BCUT2D eigenvalue weighted by atomic mass is 9.99. The molecular weight excluding hydrogens is 256 g/mol. The van der Waals surface area contributed by atoms with Crippen molar-refractivity contribution >= 4 is 5.97 Å². The molecule has 0 spiro atoms. The van der Waals surface area contributed by atoms with E-state index in [1.54, 1.807) is 27.7 Å². The van der Waals surface area contributed by atoms with Gasteiger partial charge in [-0.15, -0.1) is 0 Å². The minimum absolute atomic E-state index is 0.342. The van der Waals surface area contributed by atoms with Crippen LogP contribution in [-0.4, -0.2) is 23.3 Å². The van der Waals surface area contributed by atoms with E-state index in [9.17, 15) is 9.90 Å². The lowest BCUT2D eigenvalue weighted by molar-refractivity contribution is -0.137. The molecule has 1 rings (SSSR count). The van der Waals surface area contributed by atoms with E-state index in [0.717, 1.165) is 5.56 Å². The monoisotopic (exact) mass is 278 g/mol. The van der Waals surface area contributed by atoms with Crippen molar-refractivity contribution in [3.63, 3.8) is 0 Å². The third kappa shape index (κ3) is 6.38. The summed E-state index contributed by atoms with van der Waals surface area (Å²) in [4.78, 5) is 11.2. The molecule has 110 valence electrons. The maximum Gasteiger partial charge on any atom is 0.334 e. The van der Waals surface area contributed by atoms with Gasteiger partial charge in [-0.1, -0.05) is 12.1 Å². The number of benzene rings is 1. The summed E-state index contributed by atoms with van der Waals surface area (Å²) in [5.41, 5.74) is 0.291. The Morgan fingerprint density at radius 3 is 2.40 bits per heavy atom. The smallest absolute Gasteiger partial charge is 0.334 e. The number of carbonyl (C=O) groups is 1. The summed E-state index contributed by atoms with van der Waals surface area (Å²) >= 11 is 0. The normalized spacial score (nSPS) is 12.2. The highest BCUT2D eigenvalue weighted by Crippen LogP contribution is 2.18. The molecule has 0 aliphatic heterocycles. The zero-order chi connectivity index (χ0) is 15.2. The van der Waals surface area contributed by atoms with Crippen LogP contribution >= 0.6 is 0 Å². The van der Waals surface area contributed by atoms with Gasteiger partial charge >= 0.3 is 5.97 Å². The van der Waals surface area contributed by atoms with E-state index in [1.165, 1.54) is 6.08 Å². The maximum absolute atomic E-state index is 11.2. The Hall–Kier alpha value is -1.81. The zero-order valence-electron chi connectivity index (χ0n) is 12.5. The SMILES string of the molecule is CCOC(=O)/C=C(\C)Oc1ccc(CC(C)(C)O)cc1. The van der Waals surface area contributed by atoms with Crippen LogP contribution in [0.25, 0.3) is 0 Å². The molecule has 0 unspecified atom stereocenters. The van der Waals surface area contributed by atoms with Gasteiger partial charge in [0.2, 0.25) is 0 Å². The standard InChI is InChI=1S/C16H22O4/c1-5-19-15(17)10-12(2)20-14-8-6-13(7-9-14)11-16(3,4)18/h6-10,18H,5,11H2,1-4H3/b12-10+. The maximum atomic E-state index is 11.2. The molecule has 0 saturated carbocycles. The molecule has 0 radical (unpaired) electrons. The average molecular weight is 278 g/mol. The molecule has 4 nitrogen and oxygen atoms in total. The van der Waals surface area contributed by atoms with Gasteiger partial charge in [0.1, 0.15) is 11.5 Å². The molecule has 0 amide bonds. The molecule has 0 aromatic heterocycles. The van der Waals surface area contributed by atoms with Gasteiger partial charge in [0.25, 0.3) is 0 Å². The number of hydrogen-bond acceptors (Lipinski definition) is 4. The van der Waals surface area contributed by atoms with E-state index >= 15 is 0 Å². The number of carbonyl (C=O) groups excluding carboxylic acids is 1.